The Hall–Kier alpha value is -0.560. The molecule has 2 saturated carbocycles. The highest BCUT2D eigenvalue weighted by molar-refractivity contribution is 5.25. The average molecular weight is 230 g/mol. The second kappa shape index (κ2) is 3.98. The molecule has 2 fully saturated rings. The summed E-state index contributed by atoms with van der Waals surface area (Å²) in [6.45, 7) is 0. The van der Waals surface area contributed by atoms with Crippen LogP contribution in [-0.2, 0) is 4.74 Å². The summed E-state index contributed by atoms with van der Waals surface area (Å²) in [6.07, 6.45) is 18.9. The van der Waals surface area contributed by atoms with Crippen molar-refractivity contribution in [3.8, 4) is 0 Å². The van der Waals surface area contributed by atoms with E-state index in [-0.39, 0.29) is 0 Å². The first-order valence-corrected chi connectivity index (χ1v) is 7.44. The van der Waals surface area contributed by atoms with Gasteiger partial charge in [0.05, 0.1) is 12.2 Å². The van der Waals surface area contributed by atoms with Gasteiger partial charge in [0.15, 0.2) is 0 Å². The third-order valence-electron chi connectivity index (χ3n) is 5.39. The number of hydrogen-bond donors (Lipinski definition) is 0. The topological polar surface area (TPSA) is 9.23 Å². The first-order valence-electron chi connectivity index (χ1n) is 7.44. The summed E-state index contributed by atoms with van der Waals surface area (Å²) >= 11 is 0. The van der Waals surface area contributed by atoms with Crippen molar-refractivity contribution < 1.29 is 4.74 Å². The fourth-order valence-corrected chi connectivity index (χ4v) is 4.56. The lowest BCUT2D eigenvalue weighted by Crippen LogP contribution is -2.31. The van der Waals surface area contributed by atoms with Gasteiger partial charge in [0, 0.05) is 5.92 Å². The van der Waals surface area contributed by atoms with Gasteiger partial charge in [-0.05, 0) is 37.0 Å². The predicted molar refractivity (Wildman–Crippen MR) is 68.6 cm³/mol. The molecule has 0 spiro atoms. The number of hydrogen-bond acceptors (Lipinski definition) is 1. The van der Waals surface area contributed by atoms with Gasteiger partial charge in [0.25, 0.3) is 0 Å². The summed E-state index contributed by atoms with van der Waals surface area (Å²) in [6, 6.07) is 0. The lowest BCUT2D eigenvalue weighted by atomic mass is 9.84. The van der Waals surface area contributed by atoms with Crippen molar-refractivity contribution in [3.63, 3.8) is 0 Å². The van der Waals surface area contributed by atoms with E-state index in [0.29, 0.717) is 12.2 Å². The van der Waals surface area contributed by atoms with Gasteiger partial charge in [-0.1, -0.05) is 43.6 Å². The summed E-state index contributed by atoms with van der Waals surface area (Å²) in [5, 5.41) is 0. The molecule has 0 aromatic heterocycles. The highest BCUT2D eigenvalue weighted by Gasteiger charge is 2.49. The third-order valence-corrected chi connectivity index (χ3v) is 5.39. The van der Waals surface area contributed by atoms with Crippen LogP contribution < -0.4 is 0 Å². The Kier molecular flexibility index (Phi) is 2.43. The van der Waals surface area contributed by atoms with E-state index < -0.39 is 0 Å². The quantitative estimate of drug-likeness (QED) is 0.657. The molecule has 0 aliphatic heterocycles. The molecular formula is C16H22O. The number of ether oxygens (including phenoxy) is 1. The van der Waals surface area contributed by atoms with Gasteiger partial charge >= 0.3 is 0 Å². The zero-order valence-electron chi connectivity index (χ0n) is 10.4. The SMILES string of the molecule is C1=CC2C(C1OC1CCCCC1)[C@@H]1C=C[C@H]2C1. The van der Waals surface area contributed by atoms with Gasteiger partial charge < -0.3 is 4.74 Å². The van der Waals surface area contributed by atoms with Gasteiger partial charge in [-0.25, -0.2) is 0 Å². The van der Waals surface area contributed by atoms with Gasteiger partial charge in [-0.2, -0.15) is 0 Å². The maximum absolute atomic E-state index is 6.40. The molecule has 1 heteroatoms. The monoisotopic (exact) mass is 230 g/mol. The summed E-state index contributed by atoms with van der Waals surface area (Å²) < 4.78 is 6.40. The third kappa shape index (κ3) is 1.62. The largest absolute Gasteiger partial charge is 0.371 e. The molecule has 5 atom stereocenters. The molecular weight excluding hydrogens is 208 g/mol. The summed E-state index contributed by atoms with van der Waals surface area (Å²) in [5.74, 6) is 3.24. The minimum absolute atomic E-state index is 0.433. The molecule has 0 heterocycles. The average Bonchev–Trinajstić information content (AvgIpc) is 3.03. The Morgan fingerprint density at radius 2 is 1.65 bits per heavy atom. The lowest BCUT2D eigenvalue weighted by Gasteiger charge is -2.31. The van der Waals surface area contributed by atoms with E-state index in [1.165, 1.54) is 38.5 Å². The molecule has 17 heavy (non-hydrogen) atoms. The Morgan fingerprint density at radius 1 is 0.824 bits per heavy atom. The Labute approximate surface area is 104 Å². The van der Waals surface area contributed by atoms with Gasteiger partial charge in [0.1, 0.15) is 0 Å². The minimum atomic E-state index is 0.433. The van der Waals surface area contributed by atoms with Crippen molar-refractivity contribution in [1.29, 1.82) is 0 Å². The standard InChI is InChI=1S/C16H22O/c1-2-4-13(5-3-1)17-15-9-8-14-11-6-7-12(10-11)16(14)15/h6-9,11-16H,1-5,10H2/t11-,12+,14?,15?,16?/m0/s1. The molecule has 1 nitrogen and oxygen atoms in total. The molecule has 92 valence electrons. The second-order valence-corrected chi connectivity index (χ2v) is 6.35. The molecule has 0 radical (unpaired) electrons. The van der Waals surface area contributed by atoms with Gasteiger partial charge in [-0.15, -0.1) is 0 Å². The Morgan fingerprint density at radius 3 is 2.53 bits per heavy atom. The normalized spacial score (nSPS) is 47.9. The highest BCUT2D eigenvalue weighted by Crippen LogP contribution is 2.53. The van der Waals surface area contributed by atoms with E-state index >= 15 is 0 Å². The number of fused-ring (bicyclic) bond motifs is 5. The molecule has 4 rings (SSSR count). The van der Waals surface area contributed by atoms with E-state index in [1.54, 1.807) is 0 Å². The van der Waals surface area contributed by atoms with Crippen molar-refractivity contribution in [2.75, 3.05) is 0 Å². The van der Waals surface area contributed by atoms with E-state index in [9.17, 15) is 0 Å². The maximum Gasteiger partial charge on any atom is 0.0799 e. The fourth-order valence-electron chi connectivity index (χ4n) is 4.56. The predicted octanol–water partition coefficient (Wildman–Crippen LogP) is 3.71. The smallest absolute Gasteiger partial charge is 0.0799 e. The van der Waals surface area contributed by atoms with E-state index in [1.807, 2.05) is 0 Å². The summed E-state index contributed by atoms with van der Waals surface area (Å²) in [7, 11) is 0. The van der Waals surface area contributed by atoms with Crippen molar-refractivity contribution in [2.45, 2.75) is 50.7 Å². The van der Waals surface area contributed by atoms with E-state index in [0.717, 1.165) is 23.7 Å². The summed E-state index contributed by atoms with van der Waals surface area (Å²) in [4.78, 5) is 0. The first kappa shape index (κ1) is 10.4. The van der Waals surface area contributed by atoms with E-state index in [2.05, 4.69) is 24.3 Å². The van der Waals surface area contributed by atoms with Crippen LogP contribution in [0.4, 0.5) is 0 Å². The van der Waals surface area contributed by atoms with Crippen LogP contribution >= 0.6 is 0 Å². The van der Waals surface area contributed by atoms with Crippen LogP contribution in [0.3, 0.4) is 0 Å². The lowest BCUT2D eigenvalue weighted by molar-refractivity contribution is -0.0379. The van der Waals surface area contributed by atoms with Crippen molar-refractivity contribution in [2.24, 2.45) is 23.7 Å². The van der Waals surface area contributed by atoms with Crippen LogP contribution in [0.25, 0.3) is 0 Å². The van der Waals surface area contributed by atoms with Gasteiger partial charge in [-0.3, -0.25) is 0 Å². The molecule has 0 N–H and O–H groups in total. The Balaban J connectivity index is 1.45. The molecule has 4 aliphatic carbocycles. The Bertz CT molecular complexity index is 351. The minimum Gasteiger partial charge on any atom is -0.371 e. The first-order chi connectivity index (χ1) is 8.42. The molecule has 0 saturated heterocycles. The van der Waals surface area contributed by atoms with E-state index in [4.69, 9.17) is 4.74 Å². The van der Waals surface area contributed by atoms with Crippen LogP contribution in [0.15, 0.2) is 24.3 Å². The molecule has 3 unspecified atom stereocenters. The zero-order valence-corrected chi connectivity index (χ0v) is 10.4. The van der Waals surface area contributed by atoms with Gasteiger partial charge in [0.2, 0.25) is 0 Å². The van der Waals surface area contributed by atoms with Crippen molar-refractivity contribution in [1.82, 2.24) is 0 Å². The van der Waals surface area contributed by atoms with Crippen LogP contribution in [0.5, 0.6) is 0 Å². The fraction of sp³-hybridized carbons (Fsp3) is 0.750. The van der Waals surface area contributed by atoms with Crippen LogP contribution in [0.1, 0.15) is 38.5 Å². The molecule has 0 aromatic rings. The molecule has 2 bridgehead atoms. The summed E-state index contributed by atoms with van der Waals surface area (Å²) in [5.41, 5.74) is 0. The van der Waals surface area contributed by atoms with Crippen LogP contribution in [0, 0.1) is 23.7 Å². The number of allylic oxidation sites excluding steroid dienone is 3. The molecule has 0 aromatic carbocycles. The van der Waals surface area contributed by atoms with Crippen LogP contribution in [0.2, 0.25) is 0 Å². The highest BCUT2D eigenvalue weighted by atomic mass is 16.5. The molecule has 4 aliphatic rings. The second-order valence-electron chi connectivity index (χ2n) is 6.35. The zero-order chi connectivity index (χ0) is 11.2. The maximum atomic E-state index is 6.40. The molecule has 0 amide bonds. The van der Waals surface area contributed by atoms with Crippen molar-refractivity contribution >= 4 is 0 Å². The van der Waals surface area contributed by atoms with Crippen molar-refractivity contribution in [3.05, 3.63) is 24.3 Å². The number of rotatable bonds is 2. The van der Waals surface area contributed by atoms with Crippen LogP contribution in [-0.4, -0.2) is 12.2 Å².